The summed E-state index contributed by atoms with van der Waals surface area (Å²) < 4.78 is 34.5. The predicted molar refractivity (Wildman–Crippen MR) is 425 cm³/mol. The number of unbranched alkanes of at least 4 members (excludes halogenated alkanes) is 46. The van der Waals surface area contributed by atoms with Crippen LogP contribution >= 0.6 is 0 Å². The highest BCUT2D eigenvalue weighted by molar-refractivity contribution is 5.76. The SMILES string of the molecule is CCCCCCC/C=C\C/C=C\CCCCCCCCCCCCCCCCCCCCCCCCCCCC(=O)NC(COC1OC(CO)C(OC2OC(CO)C(OC3OC(CO)C(O)C(O)C3O)C(O)C2O)C(O)C1O)C(O)/C=C/CC/C=C/CC/C=C/CCCCCCCCCCCCCCCC. The van der Waals surface area contributed by atoms with E-state index in [9.17, 15) is 61.0 Å². The first-order valence-electron chi connectivity index (χ1n) is 43.5. The van der Waals surface area contributed by atoms with Crippen LogP contribution in [0.2, 0.25) is 0 Å². The maximum Gasteiger partial charge on any atom is 0.220 e. The van der Waals surface area contributed by atoms with E-state index >= 15 is 0 Å². The summed E-state index contributed by atoms with van der Waals surface area (Å²) >= 11 is 0. The van der Waals surface area contributed by atoms with E-state index in [4.69, 9.17) is 28.4 Å². The summed E-state index contributed by atoms with van der Waals surface area (Å²) in [5.74, 6) is -0.284. The Balaban J connectivity index is 1.33. The molecule has 3 aliphatic heterocycles. The van der Waals surface area contributed by atoms with Crippen LogP contribution in [0, 0.1) is 0 Å². The van der Waals surface area contributed by atoms with Gasteiger partial charge in [-0.1, -0.05) is 331 Å². The first kappa shape index (κ1) is 97.7. The summed E-state index contributed by atoms with van der Waals surface area (Å²) in [5.41, 5.74) is 0. The minimum absolute atomic E-state index is 0.234. The monoisotopic (exact) mass is 1510 g/mol. The molecule has 0 aromatic rings. The Morgan fingerprint density at radius 2 is 0.632 bits per heavy atom. The smallest absolute Gasteiger partial charge is 0.220 e. The lowest BCUT2D eigenvalue weighted by atomic mass is 9.96. The Hall–Kier alpha value is -2.51. The molecular weight excluding hydrogens is 1350 g/mol. The molecule has 0 aliphatic carbocycles. The highest BCUT2D eigenvalue weighted by Gasteiger charge is 2.54. The van der Waals surface area contributed by atoms with Crippen molar-refractivity contribution in [3.05, 3.63) is 60.8 Å². The van der Waals surface area contributed by atoms with E-state index in [1.165, 1.54) is 270 Å². The highest BCUT2D eigenvalue weighted by Crippen LogP contribution is 2.33. The fourth-order valence-electron chi connectivity index (χ4n) is 14.6. The average molecular weight is 1510 g/mol. The van der Waals surface area contributed by atoms with Gasteiger partial charge < -0.3 is 89.9 Å². The Morgan fingerprint density at radius 3 is 1.00 bits per heavy atom. The van der Waals surface area contributed by atoms with E-state index in [1.807, 2.05) is 6.08 Å². The van der Waals surface area contributed by atoms with Gasteiger partial charge in [-0.2, -0.15) is 0 Å². The van der Waals surface area contributed by atoms with Gasteiger partial charge in [0.15, 0.2) is 18.9 Å². The van der Waals surface area contributed by atoms with E-state index in [-0.39, 0.29) is 18.9 Å². The van der Waals surface area contributed by atoms with Gasteiger partial charge in [0.1, 0.15) is 73.2 Å². The minimum atomic E-state index is -1.98. The Morgan fingerprint density at radius 1 is 0.340 bits per heavy atom. The van der Waals surface area contributed by atoms with Crippen molar-refractivity contribution in [1.82, 2.24) is 5.32 Å². The lowest BCUT2D eigenvalue weighted by Crippen LogP contribution is -2.66. The van der Waals surface area contributed by atoms with Gasteiger partial charge in [0.05, 0.1) is 38.6 Å². The maximum atomic E-state index is 13.5. The van der Waals surface area contributed by atoms with Gasteiger partial charge >= 0.3 is 0 Å². The quantitative estimate of drug-likeness (QED) is 0.0199. The van der Waals surface area contributed by atoms with Crippen molar-refractivity contribution in [3.63, 3.8) is 0 Å². The number of amides is 1. The van der Waals surface area contributed by atoms with E-state index in [0.29, 0.717) is 12.8 Å². The minimum Gasteiger partial charge on any atom is -0.394 e. The van der Waals surface area contributed by atoms with Crippen molar-refractivity contribution in [2.24, 2.45) is 0 Å². The van der Waals surface area contributed by atoms with Crippen molar-refractivity contribution in [1.29, 1.82) is 0 Å². The number of hydrogen-bond donors (Lipinski definition) is 12. The summed E-state index contributed by atoms with van der Waals surface area (Å²) in [5, 5.41) is 121. The molecule has 17 unspecified atom stereocenters. The van der Waals surface area contributed by atoms with Gasteiger partial charge in [-0.05, 0) is 77.0 Å². The molecule has 12 N–H and O–H groups in total. The summed E-state index contributed by atoms with van der Waals surface area (Å²) in [6, 6.07) is -0.998. The second-order valence-corrected chi connectivity index (χ2v) is 31.0. The second kappa shape index (κ2) is 67.0. The number of aliphatic hydroxyl groups is 11. The second-order valence-electron chi connectivity index (χ2n) is 31.0. The van der Waals surface area contributed by atoms with Crippen LogP contribution in [0.5, 0.6) is 0 Å². The molecule has 0 aromatic heterocycles. The number of hydrogen-bond acceptors (Lipinski definition) is 18. The molecular formula is C87H159NO18. The summed E-state index contributed by atoms with van der Waals surface area (Å²) in [6.07, 6.45) is 60.9. The first-order chi connectivity index (χ1) is 51.8. The van der Waals surface area contributed by atoms with Gasteiger partial charge in [-0.15, -0.1) is 0 Å². The van der Waals surface area contributed by atoms with Crippen molar-refractivity contribution in [2.75, 3.05) is 26.4 Å². The van der Waals surface area contributed by atoms with Crippen molar-refractivity contribution in [3.8, 4) is 0 Å². The van der Waals surface area contributed by atoms with Crippen LogP contribution in [0.4, 0.5) is 0 Å². The number of ether oxygens (including phenoxy) is 6. The van der Waals surface area contributed by atoms with Crippen LogP contribution in [0.1, 0.15) is 354 Å². The number of carbonyl (C=O) groups excluding carboxylic acids is 1. The number of aliphatic hydroxyl groups excluding tert-OH is 11. The molecule has 3 heterocycles. The third-order valence-electron chi connectivity index (χ3n) is 21.5. The van der Waals surface area contributed by atoms with Crippen molar-refractivity contribution in [2.45, 2.75) is 458 Å². The molecule has 0 aromatic carbocycles. The zero-order valence-electron chi connectivity index (χ0n) is 66.7. The number of rotatable bonds is 70. The van der Waals surface area contributed by atoms with E-state index in [0.717, 1.165) is 51.4 Å². The van der Waals surface area contributed by atoms with Crippen molar-refractivity contribution < 1.29 is 89.4 Å². The highest BCUT2D eigenvalue weighted by atomic mass is 16.8. The average Bonchev–Trinajstić information content (AvgIpc) is 0.780. The van der Waals surface area contributed by atoms with Crippen LogP contribution in [0.25, 0.3) is 0 Å². The van der Waals surface area contributed by atoms with Crippen LogP contribution in [-0.2, 0) is 33.2 Å². The molecule has 19 heteroatoms. The normalized spacial score (nSPS) is 25.9. The summed E-state index contributed by atoms with van der Waals surface area (Å²) in [4.78, 5) is 13.5. The number of allylic oxidation sites excluding steroid dienone is 9. The van der Waals surface area contributed by atoms with Crippen molar-refractivity contribution >= 4 is 5.91 Å². The van der Waals surface area contributed by atoms with Crippen LogP contribution in [0.3, 0.4) is 0 Å². The van der Waals surface area contributed by atoms with Gasteiger partial charge in [-0.25, -0.2) is 0 Å². The van der Waals surface area contributed by atoms with Gasteiger partial charge in [0, 0.05) is 6.42 Å². The zero-order chi connectivity index (χ0) is 76.7. The largest absolute Gasteiger partial charge is 0.394 e. The molecule has 0 bridgehead atoms. The molecule has 17 atom stereocenters. The molecule has 620 valence electrons. The van der Waals surface area contributed by atoms with E-state index in [2.05, 4.69) is 67.8 Å². The molecule has 19 nitrogen and oxygen atoms in total. The molecule has 3 rings (SSSR count). The number of carbonyl (C=O) groups is 1. The molecule has 0 saturated carbocycles. The maximum absolute atomic E-state index is 13.5. The number of nitrogens with one attached hydrogen (secondary N) is 1. The fourth-order valence-corrected chi connectivity index (χ4v) is 14.6. The third-order valence-corrected chi connectivity index (χ3v) is 21.5. The molecule has 0 radical (unpaired) electrons. The van der Waals surface area contributed by atoms with Crippen LogP contribution in [-0.4, -0.2) is 193 Å². The van der Waals surface area contributed by atoms with Crippen LogP contribution < -0.4 is 5.32 Å². The predicted octanol–water partition coefficient (Wildman–Crippen LogP) is 15.8. The Labute approximate surface area is 643 Å². The van der Waals surface area contributed by atoms with Crippen LogP contribution in [0.15, 0.2) is 60.8 Å². The van der Waals surface area contributed by atoms with E-state index < -0.39 is 124 Å². The lowest BCUT2D eigenvalue weighted by Gasteiger charge is -2.48. The summed E-state index contributed by atoms with van der Waals surface area (Å²) in [7, 11) is 0. The first-order valence-corrected chi connectivity index (χ1v) is 43.5. The van der Waals surface area contributed by atoms with Gasteiger partial charge in [0.2, 0.25) is 5.91 Å². The fraction of sp³-hybridized carbons (Fsp3) is 0.874. The zero-order valence-corrected chi connectivity index (χ0v) is 66.7. The topological polar surface area (TPSA) is 307 Å². The van der Waals surface area contributed by atoms with E-state index in [1.54, 1.807) is 6.08 Å². The molecule has 3 aliphatic rings. The molecule has 106 heavy (non-hydrogen) atoms. The van der Waals surface area contributed by atoms with Gasteiger partial charge in [0.25, 0.3) is 0 Å². The molecule has 3 saturated heterocycles. The third kappa shape index (κ3) is 45.9. The Kier molecular flexibility index (Phi) is 61.8. The van der Waals surface area contributed by atoms with Gasteiger partial charge in [-0.3, -0.25) is 4.79 Å². The summed E-state index contributed by atoms with van der Waals surface area (Å²) in [6.45, 7) is 1.75. The standard InChI is InChI=1S/C87H159NO18/c1-3-5-7-9-11-13-15-17-19-21-23-25-27-29-30-31-32-33-34-35-36-37-38-39-40-41-43-45-47-49-51-53-55-57-59-61-63-65-75(93)88-70(71(92)64-62-60-58-56-54-52-50-48-46-44-42-28-26-24-22-20-18-16-14-12-10-8-6-4-2)69-101-85-81(99)78(96)83(73(67-90)103-85)106-87-82(100)79(97)84(74(68-91)104-87)105-86-80(98)77(95)76(94)72(66-89)102-86/h15,17,21,23,46,48,54,56,62,64,70-74,76-87,89-92,94-100H,3-14,16,18-20,22,24-45,47,49-53,55,57-61,63,65-69H2,1-2H3,(H,88,93)/b17-15-,23-21-,48-46+,56-54+,64-62+. The molecule has 0 spiro atoms. The lowest BCUT2D eigenvalue weighted by molar-refractivity contribution is -0.379. The molecule has 3 fully saturated rings. The Bertz CT molecular complexity index is 2150. The molecule has 1 amide bonds.